The van der Waals surface area contributed by atoms with E-state index in [1.807, 2.05) is 19.1 Å². The van der Waals surface area contributed by atoms with Crippen LogP contribution in [0.15, 0.2) is 23.8 Å². The minimum absolute atomic E-state index is 0.625. The van der Waals surface area contributed by atoms with Gasteiger partial charge in [0.2, 0.25) is 0 Å². The maximum absolute atomic E-state index is 8.45. The maximum atomic E-state index is 8.45. The average Bonchev–Trinajstić information content (AvgIpc) is 1.98. The number of terminal acetylenes is 1. The summed E-state index contributed by atoms with van der Waals surface area (Å²) >= 11 is 0. The van der Waals surface area contributed by atoms with E-state index in [-0.39, 0.29) is 0 Å². The molecule has 0 unspecified atom stereocenters. The van der Waals surface area contributed by atoms with E-state index in [4.69, 9.17) is 11.7 Å². The highest BCUT2D eigenvalue weighted by molar-refractivity contribution is 5.35. The SMILES string of the molecule is C#C/C=C\C(C#N)=C/CC. The molecule has 50 valence electrons. The van der Waals surface area contributed by atoms with Gasteiger partial charge in [-0.05, 0) is 18.6 Å². The van der Waals surface area contributed by atoms with Gasteiger partial charge in [-0.15, -0.1) is 6.42 Å². The summed E-state index contributed by atoms with van der Waals surface area (Å²) in [7, 11) is 0. The van der Waals surface area contributed by atoms with Gasteiger partial charge in [0.05, 0.1) is 6.07 Å². The van der Waals surface area contributed by atoms with Crippen LogP contribution in [0.4, 0.5) is 0 Å². The van der Waals surface area contributed by atoms with Crippen molar-refractivity contribution < 1.29 is 0 Å². The van der Waals surface area contributed by atoms with E-state index >= 15 is 0 Å². The van der Waals surface area contributed by atoms with Crippen molar-refractivity contribution in [2.24, 2.45) is 0 Å². The third-order valence-electron chi connectivity index (χ3n) is 0.912. The van der Waals surface area contributed by atoms with Crippen molar-refractivity contribution >= 4 is 0 Å². The van der Waals surface area contributed by atoms with Crippen LogP contribution < -0.4 is 0 Å². The molecular weight excluding hydrogens is 122 g/mol. The van der Waals surface area contributed by atoms with E-state index < -0.39 is 0 Å². The molecule has 0 saturated heterocycles. The summed E-state index contributed by atoms with van der Waals surface area (Å²) in [5.41, 5.74) is 0.625. The number of nitriles is 1. The van der Waals surface area contributed by atoms with E-state index in [1.165, 1.54) is 6.08 Å². The topological polar surface area (TPSA) is 23.8 Å². The lowest BCUT2D eigenvalue weighted by Gasteiger charge is -1.82. The fourth-order valence-corrected chi connectivity index (χ4v) is 0.509. The van der Waals surface area contributed by atoms with Crippen molar-refractivity contribution in [3.05, 3.63) is 23.8 Å². The molecule has 0 rings (SSSR count). The molecule has 0 aliphatic rings. The molecular formula is C9H9N. The number of allylic oxidation sites excluding steroid dienone is 4. The lowest BCUT2D eigenvalue weighted by Crippen LogP contribution is -1.69. The van der Waals surface area contributed by atoms with Gasteiger partial charge in [-0.2, -0.15) is 5.26 Å². The molecule has 1 heteroatoms. The summed E-state index contributed by atoms with van der Waals surface area (Å²) < 4.78 is 0. The second kappa shape index (κ2) is 5.66. The predicted octanol–water partition coefficient (Wildman–Crippen LogP) is 2.04. The third kappa shape index (κ3) is 3.52. The first-order chi connectivity index (χ1) is 4.85. The van der Waals surface area contributed by atoms with Gasteiger partial charge in [-0.3, -0.25) is 0 Å². The Labute approximate surface area is 61.7 Å². The summed E-state index contributed by atoms with van der Waals surface area (Å²) in [4.78, 5) is 0. The van der Waals surface area contributed by atoms with Crippen LogP contribution in [0.1, 0.15) is 13.3 Å². The smallest absolute Gasteiger partial charge is 0.0988 e. The Morgan fingerprint density at radius 1 is 1.70 bits per heavy atom. The third-order valence-corrected chi connectivity index (χ3v) is 0.912. The molecule has 0 aromatic heterocycles. The minimum atomic E-state index is 0.625. The lowest BCUT2D eigenvalue weighted by molar-refractivity contribution is 1.21. The minimum Gasteiger partial charge on any atom is -0.192 e. The van der Waals surface area contributed by atoms with E-state index in [0.717, 1.165) is 6.42 Å². The van der Waals surface area contributed by atoms with Crippen molar-refractivity contribution in [1.82, 2.24) is 0 Å². The van der Waals surface area contributed by atoms with Gasteiger partial charge in [0.15, 0.2) is 0 Å². The molecule has 0 N–H and O–H groups in total. The van der Waals surface area contributed by atoms with Crippen LogP contribution in [0.5, 0.6) is 0 Å². The van der Waals surface area contributed by atoms with Crippen LogP contribution in [-0.4, -0.2) is 0 Å². The largest absolute Gasteiger partial charge is 0.192 e. The molecule has 0 aromatic carbocycles. The molecule has 0 aliphatic carbocycles. The molecule has 0 heterocycles. The molecule has 0 saturated carbocycles. The van der Waals surface area contributed by atoms with Crippen molar-refractivity contribution in [2.75, 3.05) is 0 Å². The van der Waals surface area contributed by atoms with Crippen LogP contribution in [0.3, 0.4) is 0 Å². The first kappa shape index (κ1) is 8.53. The Morgan fingerprint density at radius 2 is 2.40 bits per heavy atom. The van der Waals surface area contributed by atoms with Crippen LogP contribution >= 0.6 is 0 Å². The maximum Gasteiger partial charge on any atom is 0.0988 e. The van der Waals surface area contributed by atoms with E-state index in [0.29, 0.717) is 5.57 Å². The van der Waals surface area contributed by atoms with Crippen LogP contribution in [0, 0.1) is 23.7 Å². The van der Waals surface area contributed by atoms with E-state index in [1.54, 1.807) is 6.08 Å². The summed E-state index contributed by atoms with van der Waals surface area (Å²) in [6, 6.07) is 2.02. The highest BCUT2D eigenvalue weighted by Gasteiger charge is 1.82. The normalized spacial score (nSPS) is 10.9. The molecule has 0 atom stereocenters. The summed E-state index contributed by atoms with van der Waals surface area (Å²) in [6.45, 7) is 1.97. The zero-order chi connectivity index (χ0) is 7.82. The average molecular weight is 131 g/mol. The molecule has 0 aromatic rings. The Hall–Kier alpha value is -1.47. The highest BCUT2D eigenvalue weighted by atomic mass is 14.2. The molecule has 0 spiro atoms. The Kier molecular flexibility index (Phi) is 4.83. The van der Waals surface area contributed by atoms with Gasteiger partial charge in [-0.1, -0.05) is 18.9 Å². The molecule has 0 bridgehead atoms. The molecule has 10 heavy (non-hydrogen) atoms. The van der Waals surface area contributed by atoms with Crippen LogP contribution in [0.25, 0.3) is 0 Å². The standard InChI is InChI=1S/C9H9N/c1-3-5-7-9(8-10)6-4-2/h1,5-7H,4H2,2H3/b7-5-,9-6+. The second-order valence-corrected chi connectivity index (χ2v) is 1.68. The number of nitrogens with zero attached hydrogens (tertiary/aromatic N) is 1. The fourth-order valence-electron chi connectivity index (χ4n) is 0.509. The molecule has 0 amide bonds. The van der Waals surface area contributed by atoms with Crippen LogP contribution in [0.2, 0.25) is 0 Å². The fraction of sp³-hybridized carbons (Fsp3) is 0.222. The highest BCUT2D eigenvalue weighted by Crippen LogP contribution is 1.95. The lowest BCUT2D eigenvalue weighted by atomic mass is 10.2. The number of rotatable bonds is 2. The molecule has 1 nitrogen and oxygen atoms in total. The van der Waals surface area contributed by atoms with Gasteiger partial charge in [0, 0.05) is 5.57 Å². The first-order valence-corrected chi connectivity index (χ1v) is 3.08. The number of hydrogen-bond donors (Lipinski definition) is 0. The molecule has 0 aliphatic heterocycles. The summed E-state index contributed by atoms with van der Waals surface area (Å²) in [5, 5.41) is 8.45. The molecule has 0 radical (unpaired) electrons. The van der Waals surface area contributed by atoms with Crippen molar-refractivity contribution in [3.63, 3.8) is 0 Å². The van der Waals surface area contributed by atoms with Crippen molar-refractivity contribution in [3.8, 4) is 18.4 Å². The Morgan fingerprint density at radius 3 is 2.80 bits per heavy atom. The number of hydrogen-bond acceptors (Lipinski definition) is 1. The molecule has 0 fully saturated rings. The zero-order valence-electron chi connectivity index (χ0n) is 5.96. The first-order valence-electron chi connectivity index (χ1n) is 3.08. The Balaban J connectivity index is 4.16. The summed E-state index contributed by atoms with van der Waals surface area (Å²) in [6.07, 6.45) is 10.8. The van der Waals surface area contributed by atoms with Crippen molar-refractivity contribution in [2.45, 2.75) is 13.3 Å². The quantitative estimate of drug-likeness (QED) is 0.319. The Bertz CT molecular complexity index is 220. The van der Waals surface area contributed by atoms with Crippen LogP contribution in [-0.2, 0) is 0 Å². The van der Waals surface area contributed by atoms with Gasteiger partial charge in [0.1, 0.15) is 0 Å². The van der Waals surface area contributed by atoms with E-state index in [9.17, 15) is 0 Å². The van der Waals surface area contributed by atoms with Gasteiger partial charge in [-0.25, -0.2) is 0 Å². The van der Waals surface area contributed by atoms with E-state index in [2.05, 4.69) is 5.92 Å². The zero-order valence-corrected chi connectivity index (χ0v) is 5.96. The van der Waals surface area contributed by atoms with Gasteiger partial charge >= 0.3 is 0 Å². The predicted molar refractivity (Wildman–Crippen MR) is 42.0 cm³/mol. The van der Waals surface area contributed by atoms with Gasteiger partial charge in [0.25, 0.3) is 0 Å². The van der Waals surface area contributed by atoms with Gasteiger partial charge < -0.3 is 0 Å². The monoisotopic (exact) mass is 131 g/mol. The second-order valence-electron chi connectivity index (χ2n) is 1.68. The van der Waals surface area contributed by atoms with Crippen molar-refractivity contribution in [1.29, 1.82) is 5.26 Å². The summed E-state index contributed by atoms with van der Waals surface area (Å²) in [5.74, 6) is 2.32.